The molecule has 3 aromatic rings. The Kier molecular flexibility index (Phi) is 4.84. The predicted octanol–water partition coefficient (Wildman–Crippen LogP) is 4.23. The van der Waals surface area contributed by atoms with Gasteiger partial charge in [-0.3, -0.25) is 4.90 Å². The van der Waals surface area contributed by atoms with Crippen LogP contribution in [0.15, 0.2) is 45.4 Å². The van der Waals surface area contributed by atoms with Crippen LogP contribution in [0.2, 0.25) is 0 Å². The molecule has 0 radical (unpaired) electrons. The van der Waals surface area contributed by atoms with Crippen LogP contribution in [0.3, 0.4) is 0 Å². The highest BCUT2D eigenvalue weighted by Crippen LogP contribution is 2.29. The van der Waals surface area contributed by atoms with E-state index in [9.17, 15) is 0 Å². The molecule has 6 heteroatoms. The fraction of sp³-hybridized carbons (Fsp3) is 0.450. The van der Waals surface area contributed by atoms with E-state index in [-0.39, 0.29) is 0 Å². The van der Waals surface area contributed by atoms with Gasteiger partial charge in [0.25, 0.3) is 0 Å². The maximum Gasteiger partial charge on any atom is 0.229 e. The van der Waals surface area contributed by atoms with Gasteiger partial charge in [-0.05, 0) is 25.9 Å². The highest BCUT2D eigenvalue weighted by molar-refractivity contribution is 5.58. The molecule has 3 heterocycles. The van der Waals surface area contributed by atoms with E-state index >= 15 is 0 Å². The molecule has 1 fully saturated rings. The predicted molar refractivity (Wildman–Crippen MR) is 97.6 cm³/mol. The summed E-state index contributed by atoms with van der Waals surface area (Å²) in [5.41, 5.74) is 1.97. The monoisotopic (exact) mass is 352 g/mol. The summed E-state index contributed by atoms with van der Waals surface area (Å²) >= 11 is 0. The lowest BCUT2D eigenvalue weighted by Crippen LogP contribution is -2.32. The maximum absolute atomic E-state index is 5.53. The topological polar surface area (TPSA) is 68.2 Å². The number of benzene rings is 1. The maximum atomic E-state index is 5.53. The van der Waals surface area contributed by atoms with E-state index in [0.717, 1.165) is 61.2 Å². The molecular weight excluding hydrogens is 328 g/mol. The standard InChI is InChI=1S/C20H24N4O2/c1-14(2)19-21-20(26-23-19)16-8-10-24(11-9-16)13-17-12-18(22-25-17)15-6-4-3-5-7-15/h3-7,12,14,16H,8-11,13H2,1-2H3. The third-order valence-electron chi connectivity index (χ3n) is 4.92. The molecule has 0 saturated carbocycles. The molecule has 0 spiro atoms. The first-order chi connectivity index (χ1) is 12.7. The lowest BCUT2D eigenvalue weighted by molar-refractivity contribution is 0.171. The summed E-state index contributed by atoms with van der Waals surface area (Å²) in [4.78, 5) is 6.95. The molecule has 136 valence electrons. The van der Waals surface area contributed by atoms with Crippen molar-refractivity contribution in [3.05, 3.63) is 53.9 Å². The summed E-state index contributed by atoms with van der Waals surface area (Å²) < 4.78 is 11.0. The number of hydrogen-bond donors (Lipinski definition) is 0. The van der Waals surface area contributed by atoms with Crippen molar-refractivity contribution in [2.24, 2.45) is 0 Å². The number of likely N-dealkylation sites (tertiary alicyclic amines) is 1. The normalized spacial score (nSPS) is 16.4. The fourth-order valence-corrected chi connectivity index (χ4v) is 3.34. The van der Waals surface area contributed by atoms with E-state index in [1.807, 2.05) is 36.4 Å². The Labute approximate surface area is 153 Å². The van der Waals surface area contributed by atoms with Crippen LogP contribution in [0, 0.1) is 0 Å². The van der Waals surface area contributed by atoms with Crippen molar-refractivity contribution in [3.63, 3.8) is 0 Å². The number of hydrogen-bond acceptors (Lipinski definition) is 6. The van der Waals surface area contributed by atoms with Gasteiger partial charge in [0.05, 0.1) is 6.54 Å². The Hall–Kier alpha value is -2.47. The molecule has 0 unspecified atom stereocenters. The minimum absolute atomic E-state index is 0.304. The second-order valence-electron chi connectivity index (χ2n) is 7.24. The zero-order valence-electron chi connectivity index (χ0n) is 15.3. The number of nitrogens with zero attached hydrogens (tertiary/aromatic N) is 4. The summed E-state index contributed by atoms with van der Waals surface area (Å²) in [6.45, 7) is 6.93. The van der Waals surface area contributed by atoms with Crippen LogP contribution in [0.5, 0.6) is 0 Å². The summed E-state index contributed by atoms with van der Waals surface area (Å²) in [6.07, 6.45) is 2.05. The van der Waals surface area contributed by atoms with Crippen molar-refractivity contribution in [1.29, 1.82) is 0 Å². The van der Waals surface area contributed by atoms with Gasteiger partial charge in [0, 0.05) is 23.5 Å². The highest BCUT2D eigenvalue weighted by atomic mass is 16.5. The lowest BCUT2D eigenvalue weighted by Gasteiger charge is -2.29. The molecule has 0 atom stereocenters. The van der Waals surface area contributed by atoms with Crippen LogP contribution in [0.4, 0.5) is 0 Å². The molecule has 6 nitrogen and oxygen atoms in total. The van der Waals surface area contributed by atoms with Gasteiger partial charge in [-0.25, -0.2) is 0 Å². The highest BCUT2D eigenvalue weighted by Gasteiger charge is 2.26. The second-order valence-corrected chi connectivity index (χ2v) is 7.24. The van der Waals surface area contributed by atoms with Gasteiger partial charge >= 0.3 is 0 Å². The summed E-state index contributed by atoms with van der Waals surface area (Å²) in [5, 5.41) is 8.28. The molecule has 0 amide bonds. The van der Waals surface area contributed by atoms with Crippen LogP contribution in [0.25, 0.3) is 11.3 Å². The molecule has 4 rings (SSSR count). The Morgan fingerprint density at radius 2 is 1.85 bits per heavy atom. The van der Waals surface area contributed by atoms with Gasteiger partial charge in [0.2, 0.25) is 5.89 Å². The first-order valence-corrected chi connectivity index (χ1v) is 9.26. The quantitative estimate of drug-likeness (QED) is 0.684. The van der Waals surface area contributed by atoms with E-state index in [0.29, 0.717) is 11.8 Å². The first-order valence-electron chi connectivity index (χ1n) is 9.26. The molecule has 26 heavy (non-hydrogen) atoms. The third kappa shape index (κ3) is 3.70. The third-order valence-corrected chi connectivity index (χ3v) is 4.92. The van der Waals surface area contributed by atoms with Crippen LogP contribution < -0.4 is 0 Å². The van der Waals surface area contributed by atoms with Gasteiger partial charge in [-0.15, -0.1) is 0 Å². The van der Waals surface area contributed by atoms with Crippen molar-refractivity contribution in [1.82, 2.24) is 20.2 Å². The van der Waals surface area contributed by atoms with Crippen molar-refractivity contribution >= 4 is 0 Å². The minimum atomic E-state index is 0.304. The van der Waals surface area contributed by atoms with E-state index in [1.54, 1.807) is 0 Å². The Morgan fingerprint density at radius 1 is 1.08 bits per heavy atom. The molecule has 1 aliphatic rings. The average Bonchev–Trinajstić information content (AvgIpc) is 3.33. The van der Waals surface area contributed by atoms with E-state index in [4.69, 9.17) is 9.05 Å². The molecular formula is C20H24N4O2. The molecule has 2 aromatic heterocycles. The Bertz CT molecular complexity index is 832. The summed E-state index contributed by atoms with van der Waals surface area (Å²) in [5.74, 6) is 3.16. The van der Waals surface area contributed by atoms with Crippen LogP contribution in [-0.4, -0.2) is 33.3 Å². The largest absolute Gasteiger partial charge is 0.359 e. The van der Waals surface area contributed by atoms with Crippen molar-refractivity contribution in [2.45, 2.75) is 45.1 Å². The Balaban J connectivity index is 1.33. The van der Waals surface area contributed by atoms with E-state index in [2.05, 4.69) is 34.0 Å². The lowest BCUT2D eigenvalue weighted by atomic mass is 9.96. The second kappa shape index (κ2) is 7.41. The van der Waals surface area contributed by atoms with E-state index < -0.39 is 0 Å². The van der Waals surface area contributed by atoms with Crippen LogP contribution in [0.1, 0.15) is 56.0 Å². The fourth-order valence-electron chi connectivity index (χ4n) is 3.34. The van der Waals surface area contributed by atoms with Gasteiger partial charge in [0.15, 0.2) is 11.6 Å². The van der Waals surface area contributed by atoms with E-state index in [1.165, 1.54) is 0 Å². The van der Waals surface area contributed by atoms with Gasteiger partial charge < -0.3 is 9.05 Å². The first kappa shape index (κ1) is 17.0. The zero-order chi connectivity index (χ0) is 17.9. The van der Waals surface area contributed by atoms with Gasteiger partial charge in [-0.2, -0.15) is 4.98 Å². The Morgan fingerprint density at radius 3 is 2.54 bits per heavy atom. The SMILES string of the molecule is CC(C)c1noc(C2CCN(Cc3cc(-c4ccccc4)no3)CC2)n1. The molecule has 0 bridgehead atoms. The van der Waals surface area contributed by atoms with Crippen molar-refractivity contribution in [3.8, 4) is 11.3 Å². The molecule has 0 aliphatic carbocycles. The number of aromatic nitrogens is 3. The zero-order valence-corrected chi connectivity index (χ0v) is 15.3. The van der Waals surface area contributed by atoms with Gasteiger partial charge in [-0.1, -0.05) is 54.5 Å². The average molecular weight is 352 g/mol. The number of piperidine rings is 1. The smallest absolute Gasteiger partial charge is 0.229 e. The molecule has 1 saturated heterocycles. The number of rotatable bonds is 5. The van der Waals surface area contributed by atoms with Gasteiger partial charge in [0.1, 0.15) is 5.69 Å². The van der Waals surface area contributed by atoms with Crippen molar-refractivity contribution in [2.75, 3.05) is 13.1 Å². The molecule has 1 aliphatic heterocycles. The van der Waals surface area contributed by atoms with Crippen LogP contribution >= 0.6 is 0 Å². The molecule has 1 aromatic carbocycles. The summed E-state index contributed by atoms with van der Waals surface area (Å²) in [7, 11) is 0. The van der Waals surface area contributed by atoms with Crippen molar-refractivity contribution < 1.29 is 9.05 Å². The molecule has 0 N–H and O–H groups in total. The summed E-state index contributed by atoms with van der Waals surface area (Å²) in [6, 6.07) is 12.1. The minimum Gasteiger partial charge on any atom is -0.359 e. The van der Waals surface area contributed by atoms with Crippen LogP contribution in [-0.2, 0) is 6.54 Å².